The topological polar surface area (TPSA) is 131 Å². The average Bonchev–Trinajstić information content (AvgIpc) is 2.28. The first kappa shape index (κ1) is 15.5. The molecule has 0 rings (SSSR count). The lowest BCUT2D eigenvalue weighted by Crippen LogP contribution is -2.44. The zero-order valence-electron chi connectivity index (χ0n) is 10.5. The third-order valence-corrected chi connectivity index (χ3v) is 2.03. The molecule has 0 aliphatic heterocycles. The maximum atomic E-state index is 12.0. The van der Waals surface area contributed by atoms with Crippen molar-refractivity contribution in [3.63, 3.8) is 0 Å². The molecule has 3 amide bonds. The highest BCUT2D eigenvalue weighted by Crippen LogP contribution is 2.10. The van der Waals surface area contributed by atoms with E-state index in [-0.39, 0.29) is 11.9 Å². The molecular weight excluding hydrogens is 236 g/mol. The zero-order chi connectivity index (χ0) is 14.5. The van der Waals surface area contributed by atoms with Gasteiger partial charge < -0.3 is 17.2 Å². The zero-order valence-corrected chi connectivity index (χ0v) is 10.5. The molecule has 0 aliphatic rings. The second-order valence-corrected chi connectivity index (χ2v) is 3.58. The number of carbonyl (C=O) groups excluding carboxylic acids is 2. The number of hydrogen-bond acceptors (Lipinski definition) is 5. The molecule has 0 spiro atoms. The molecule has 0 saturated heterocycles. The summed E-state index contributed by atoms with van der Waals surface area (Å²) in [5.74, 6) is -1.24. The van der Waals surface area contributed by atoms with E-state index in [1.54, 1.807) is 13.8 Å². The molecule has 8 nitrogen and oxygen atoms in total. The van der Waals surface area contributed by atoms with E-state index in [2.05, 4.69) is 18.4 Å². The minimum atomic E-state index is -0.935. The Morgan fingerprint density at radius 1 is 1.28 bits per heavy atom. The Morgan fingerprint density at radius 3 is 2.06 bits per heavy atom. The minimum Gasteiger partial charge on any atom is -0.391 e. The maximum absolute atomic E-state index is 12.0. The number of urea groups is 1. The van der Waals surface area contributed by atoms with Gasteiger partial charge in [-0.05, 0) is 13.8 Å². The number of amides is 3. The molecule has 8 heteroatoms. The SMILES string of the molecule is C=CN(C(=O)N(N=C)C(C)C)/C(N)=C(\N)C(N)=O. The van der Waals surface area contributed by atoms with Gasteiger partial charge in [-0.2, -0.15) is 5.10 Å². The van der Waals surface area contributed by atoms with Gasteiger partial charge in [-0.25, -0.2) is 9.80 Å². The Kier molecular flexibility index (Phi) is 5.40. The van der Waals surface area contributed by atoms with Crippen LogP contribution in [0.2, 0.25) is 0 Å². The molecule has 0 aromatic rings. The van der Waals surface area contributed by atoms with Crippen LogP contribution in [0.25, 0.3) is 0 Å². The second-order valence-electron chi connectivity index (χ2n) is 3.58. The average molecular weight is 254 g/mol. The van der Waals surface area contributed by atoms with Crippen LogP contribution in [0.1, 0.15) is 13.8 Å². The first-order valence-electron chi connectivity index (χ1n) is 5.04. The van der Waals surface area contributed by atoms with Crippen molar-refractivity contribution in [2.24, 2.45) is 22.3 Å². The van der Waals surface area contributed by atoms with E-state index < -0.39 is 17.6 Å². The van der Waals surface area contributed by atoms with Crippen LogP contribution in [0, 0.1) is 0 Å². The summed E-state index contributed by atoms with van der Waals surface area (Å²) in [7, 11) is 0. The summed E-state index contributed by atoms with van der Waals surface area (Å²) in [5, 5.41) is 4.61. The molecule has 18 heavy (non-hydrogen) atoms. The van der Waals surface area contributed by atoms with Gasteiger partial charge in [-0.15, -0.1) is 0 Å². The molecule has 0 unspecified atom stereocenters. The fourth-order valence-corrected chi connectivity index (χ4v) is 1.09. The number of rotatable bonds is 5. The maximum Gasteiger partial charge on any atom is 0.350 e. The monoisotopic (exact) mass is 254 g/mol. The van der Waals surface area contributed by atoms with Gasteiger partial charge in [0.2, 0.25) is 0 Å². The molecule has 0 aliphatic carbocycles. The first-order valence-corrected chi connectivity index (χ1v) is 5.04. The van der Waals surface area contributed by atoms with Gasteiger partial charge in [0.05, 0.1) is 6.04 Å². The fourth-order valence-electron chi connectivity index (χ4n) is 1.09. The number of nitrogens with zero attached hydrogens (tertiary/aromatic N) is 3. The van der Waals surface area contributed by atoms with Crippen LogP contribution < -0.4 is 17.2 Å². The van der Waals surface area contributed by atoms with Crippen LogP contribution in [0.3, 0.4) is 0 Å². The summed E-state index contributed by atoms with van der Waals surface area (Å²) in [6, 6.07) is -0.892. The van der Waals surface area contributed by atoms with Gasteiger partial charge in [0.15, 0.2) is 0 Å². The van der Waals surface area contributed by atoms with Crippen molar-refractivity contribution in [1.82, 2.24) is 9.91 Å². The Morgan fingerprint density at radius 2 is 1.78 bits per heavy atom. The number of nitrogens with two attached hydrogens (primary N) is 3. The molecule has 0 saturated carbocycles. The predicted octanol–water partition coefficient (Wildman–Crippen LogP) is -0.550. The van der Waals surface area contributed by atoms with Crippen LogP contribution in [0.15, 0.2) is 29.4 Å². The number of hydrogen-bond donors (Lipinski definition) is 3. The number of carbonyl (C=O) groups is 2. The second kappa shape index (κ2) is 6.28. The van der Waals surface area contributed by atoms with E-state index in [0.717, 1.165) is 16.1 Å². The van der Waals surface area contributed by atoms with Gasteiger partial charge in [-0.1, -0.05) is 6.58 Å². The lowest BCUT2D eigenvalue weighted by Gasteiger charge is -2.27. The highest BCUT2D eigenvalue weighted by atomic mass is 16.2. The van der Waals surface area contributed by atoms with Crippen molar-refractivity contribution in [1.29, 1.82) is 0 Å². The largest absolute Gasteiger partial charge is 0.391 e. The summed E-state index contributed by atoms with van der Waals surface area (Å²) >= 11 is 0. The van der Waals surface area contributed by atoms with Gasteiger partial charge in [0, 0.05) is 12.9 Å². The van der Waals surface area contributed by atoms with Crippen molar-refractivity contribution in [2.45, 2.75) is 19.9 Å². The van der Waals surface area contributed by atoms with Gasteiger partial charge >= 0.3 is 6.03 Å². The summed E-state index contributed by atoms with van der Waals surface area (Å²) in [6.45, 7) is 10.1. The Bertz CT molecular complexity index is 401. The van der Waals surface area contributed by atoms with Crippen molar-refractivity contribution in [2.75, 3.05) is 0 Å². The predicted molar refractivity (Wildman–Crippen MR) is 68.6 cm³/mol. The first-order chi connectivity index (χ1) is 8.27. The molecule has 0 aromatic carbocycles. The normalized spacial score (nSPS) is 11.5. The molecule has 0 radical (unpaired) electrons. The van der Waals surface area contributed by atoms with Crippen molar-refractivity contribution in [3.8, 4) is 0 Å². The van der Waals surface area contributed by atoms with Crippen LogP contribution in [-0.2, 0) is 4.79 Å². The van der Waals surface area contributed by atoms with E-state index in [4.69, 9.17) is 17.2 Å². The molecular formula is C10H18N6O2. The molecule has 100 valence electrons. The van der Waals surface area contributed by atoms with E-state index in [1.165, 1.54) is 0 Å². The third-order valence-electron chi connectivity index (χ3n) is 2.03. The van der Waals surface area contributed by atoms with Gasteiger partial charge in [0.25, 0.3) is 5.91 Å². The van der Waals surface area contributed by atoms with Crippen molar-refractivity contribution in [3.05, 3.63) is 24.3 Å². The van der Waals surface area contributed by atoms with Crippen molar-refractivity contribution >= 4 is 18.7 Å². The van der Waals surface area contributed by atoms with Crippen LogP contribution >= 0.6 is 0 Å². The molecule has 0 fully saturated rings. The molecule has 0 heterocycles. The lowest BCUT2D eigenvalue weighted by atomic mass is 10.3. The minimum absolute atomic E-state index is 0.250. The number of hydrazone groups is 1. The molecule has 0 bridgehead atoms. The van der Waals surface area contributed by atoms with Crippen LogP contribution in [0.5, 0.6) is 0 Å². The van der Waals surface area contributed by atoms with Gasteiger partial charge in [-0.3, -0.25) is 9.69 Å². The molecule has 0 aromatic heterocycles. The lowest BCUT2D eigenvalue weighted by molar-refractivity contribution is -0.114. The number of primary amides is 1. The third kappa shape index (κ3) is 3.24. The Balaban J connectivity index is 5.41. The summed E-state index contributed by atoms with van der Waals surface area (Å²) < 4.78 is 0. The summed E-state index contributed by atoms with van der Waals surface area (Å²) in [5.41, 5.74) is 15.5. The molecule has 6 N–H and O–H groups in total. The van der Waals surface area contributed by atoms with Crippen LogP contribution in [0.4, 0.5) is 4.79 Å². The quantitative estimate of drug-likeness (QED) is 0.345. The van der Waals surface area contributed by atoms with E-state index >= 15 is 0 Å². The Labute approximate surface area is 105 Å². The fraction of sp³-hybridized carbons (Fsp3) is 0.300. The highest BCUT2D eigenvalue weighted by Gasteiger charge is 2.24. The van der Waals surface area contributed by atoms with Crippen LogP contribution in [-0.4, -0.2) is 34.6 Å². The van der Waals surface area contributed by atoms with E-state index in [0.29, 0.717) is 0 Å². The summed E-state index contributed by atoms with van der Waals surface area (Å²) in [6.07, 6.45) is 1.11. The van der Waals surface area contributed by atoms with Gasteiger partial charge in [0.1, 0.15) is 11.5 Å². The summed E-state index contributed by atoms with van der Waals surface area (Å²) in [4.78, 5) is 23.8. The van der Waals surface area contributed by atoms with E-state index in [1.807, 2.05) is 0 Å². The molecule has 0 atom stereocenters. The van der Waals surface area contributed by atoms with Crippen molar-refractivity contribution < 1.29 is 9.59 Å². The van der Waals surface area contributed by atoms with E-state index in [9.17, 15) is 9.59 Å². The smallest absolute Gasteiger partial charge is 0.350 e. The Hall–Kier alpha value is -2.51. The standard InChI is InChI=1S/C10H18N6O2/c1-5-15(8(12)7(11)9(13)17)10(18)16(14-4)6(2)3/h5-6H,1,4,11-12H2,2-3H3,(H2,13,17)/b8-7-. The highest BCUT2D eigenvalue weighted by molar-refractivity contribution is 5.92.